The quantitative estimate of drug-likeness (QED) is 0.641. The van der Waals surface area contributed by atoms with Gasteiger partial charge in [0.1, 0.15) is 22.9 Å². The molecule has 0 saturated carbocycles. The number of ether oxygens (including phenoxy) is 2. The van der Waals surface area contributed by atoms with E-state index >= 15 is 0 Å². The van der Waals surface area contributed by atoms with Crippen molar-refractivity contribution >= 4 is 17.8 Å². The van der Waals surface area contributed by atoms with Crippen molar-refractivity contribution in [3.63, 3.8) is 0 Å². The lowest BCUT2D eigenvalue weighted by Gasteiger charge is -2.20. The molecule has 2 N–H and O–H groups in total. The van der Waals surface area contributed by atoms with Gasteiger partial charge in [0.25, 0.3) is 5.91 Å². The highest BCUT2D eigenvalue weighted by Gasteiger charge is 2.28. The van der Waals surface area contributed by atoms with Gasteiger partial charge in [-0.3, -0.25) is 25.1 Å². The second kappa shape index (κ2) is 8.70. The van der Waals surface area contributed by atoms with Crippen LogP contribution in [0.3, 0.4) is 0 Å². The largest absolute Gasteiger partial charge is 0.456 e. The molecule has 0 aromatic carbocycles. The third-order valence-electron chi connectivity index (χ3n) is 4.23. The van der Waals surface area contributed by atoms with Crippen LogP contribution >= 0.6 is 0 Å². The fraction of sp³-hybridized carbons (Fsp3) is 0.250. The van der Waals surface area contributed by atoms with Crippen molar-refractivity contribution in [1.29, 1.82) is 0 Å². The monoisotopic (exact) mass is 410 g/mol. The van der Waals surface area contributed by atoms with Crippen LogP contribution in [0, 0.1) is 0 Å². The lowest BCUT2D eigenvalue weighted by atomic mass is 10.1. The Kier molecular flexibility index (Phi) is 6.07. The molecule has 0 aliphatic heterocycles. The maximum absolute atomic E-state index is 12.0. The summed E-state index contributed by atoms with van der Waals surface area (Å²) in [5.41, 5.74) is 0.479. The predicted octanol–water partition coefficient (Wildman–Crippen LogP) is 2.74. The van der Waals surface area contributed by atoms with Crippen molar-refractivity contribution in [2.24, 2.45) is 7.05 Å². The highest BCUT2D eigenvalue weighted by Crippen LogP contribution is 2.25. The second-order valence-corrected chi connectivity index (χ2v) is 6.88. The summed E-state index contributed by atoms with van der Waals surface area (Å²) in [6.07, 6.45) is 6.68. The molecule has 10 heteroatoms. The van der Waals surface area contributed by atoms with Gasteiger partial charge >= 0.3 is 6.03 Å². The van der Waals surface area contributed by atoms with Crippen molar-refractivity contribution in [2.45, 2.75) is 19.4 Å². The molecule has 3 heterocycles. The first-order chi connectivity index (χ1) is 14.3. The van der Waals surface area contributed by atoms with E-state index in [2.05, 4.69) is 25.7 Å². The number of pyridine rings is 2. The van der Waals surface area contributed by atoms with Crippen LogP contribution < -0.4 is 15.4 Å². The average Bonchev–Trinajstić information content (AvgIpc) is 3.16. The number of nitrogens with zero attached hydrogens (tertiary/aromatic N) is 4. The summed E-state index contributed by atoms with van der Waals surface area (Å²) in [7, 11) is 3.22. The van der Waals surface area contributed by atoms with Crippen LogP contribution in [0.2, 0.25) is 0 Å². The van der Waals surface area contributed by atoms with Crippen LogP contribution in [0.4, 0.5) is 10.6 Å². The number of hydrogen-bond donors (Lipinski definition) is 2. The molecular weight excluding hydrogens is 388 g/mol. The molecule has 10 nitrogen and oxygen atoms in total. The summed E-state index contributed by atoms with van der Waals surface area (Å²) in [6.45, 7) is 3.11. The van der Waals surface area contributed by atoms with Crippen molar-refractivity contribution in [3.8, 4) is 22.8 Å². The zero-order valence-electron chi connectivity index (χ0n) is 17.0. The minimum Gasteiger partial charge on any atom is -0.456 e. The molecule has 30 heavy (non-hydrogen) atoms. The van der Waals surface area contributed by atoms with Crippen LogP contribution in [0.5, 0.6) is 11.5 Å². The molecule has 3 aromatic rings. The summed E-state index contributed by atoms with van der Waals surface area (Å²) in [6, 6.07) is 6.02. The van der Waals surface area contributed by atoms with Gasteiger partial charge in [-0.15, -0.1) is 0 Å². The van der Waals surface area contributed by atoms with Gasteiger partial charge in [-0.05, 0) is 32.0 Å². The molecule has 0 fully saturated rings. The number of aryl methyl sites for hydroxylation is 1. The Bertz CT molecular complexity index is 1050. The van der Waals surface area contributed by atoms with Gasteiger partial charge in [-0.1, -0.05) is 0 Å². The highest BCUT2D eigenvalue weighted by molar-refractivity contribution is 6.03. The zero-order valence-corrected chi connectivity index (χ0v) is 17.0. The van der Waals surface area contributed by atoms with Gasteiger partial charge in [-0.25, -0.2) is 9.78 Å². The predicted molar refractivity (Wildman–Crippen MR) is 109 cm³/mol. The number of rotatable bonds is 6. The first kappa shape index (κ1) is 20.9. The Hall–Kier alpha value is -3.79. The minimum absolute atomic E-state index is 0.258. The summed E-state index contributed by atoms with van der Waals surface area (Å²) in [5.74, 6) is 0.746. The van der Waals surface area contributed by atoms with E-state index in [1.54, 1.807) is 55.2 Å². The number of amides is 3. The smallest absolute Gasteiger partial charge is 0.327 e. The summed E-state index contributed by atoms with van der Waals surface area (Å²) < 4.78 is 12.5. The number of methoxy groups -OCH3 is 1. The molecule has 0 radical (unpaired) electrons. The molecule has 0 bridgehead atoms. The summed E-state index contributed by atoms with van der Waals surface area (Å²) in [5, 5.41) is 8.81. The van der Waals surface area contributed by atoms with Crippen LogP contribution in [-0.4, -0.2) is 44.4 Å². The number of imide groups is 1. The average molecular weight is 410 g/mol. The van der Waals surface area contributed by atoms with Gasteiger partial charge in [0.15, 0.2) is 0 Å². The molecule has 3 amide bonds. The summed E-state index contributed by atoms with van der Waals surface area (Å²) >= 11 is 0. The van der Waals surface area contributed by atoms with Gasteiger partial charge < -0.3 is 9.47 Å². The van der Waals surface area contributed by atoms with Crippen molar-refractivity contribution in [2.75, 3.05) is 12.4 Å². The third-order valence-corrected chi connectivity index (χ3v) is 4.23. The highest BCUT2D eigenvalue weighted by atomic mass is 16.5. The number of carbonyl (C=O) groups excluding carboxylic acids is 2. The first-order valence-corrected chi connectivity index (χ1v) is 9.03. The number of carbonyl (C=O) groups is 2. The van der Waals surface area contributed by atoms with Gasteiger partial charge in [0.05, 0.1) is 18.1 Å². The minimum atomic E-state index is -1.12. The van der Waals surface area contributed by atoms with E-state index < -0.39 is 17.5 Å². The Morgan fingerprint density at radius 2 is 1.90 bits per heavy atom. The molecule has 156 valence electrons. The standard InChI is InChI=1S/C20H22N6O4/c1-20(2,29-4)18(27)25-19(28)24-17-6-5-15(11-22-17)30-14-7-8-21-16(9-14)13-10-23-26(3)12-13/h5-12H,1-4H3,(H2,22,24,25,27,28). The van der Waals surface area contributed by atoms with E-state index in [1.165, 1.54) is 13.3 Å². The number of nitrogens with one attached hydrogen (secondary N) is 2. The fourth-order valence-electron chi connectivity index (χ4n) is 2.33. The van der Waals surface area contributed by atoms with Gasteiger partial charge in [-0.2, -0.15) is 5.10 Å². The molecular formula is C20H22N6O4. The van der Waals surface area contributed by atoms with E-state index in [9.17, 15) is 9.59 Å². The topological polar surface area (TPSA) is 120 Å². The molecule has 0 unspecified atom stereocenters. The van der Waals surface area contributed by atoms with Crippen molar-refractivity contribution in [1.82, 2.24) is 25.1 Å². The number of aromatic nitrogens is 4. The second-order valence-electron chi connectivity index (χ2n) is 6.88. The Morgan fingerprint density at radius 3 is 2.53 bits per heavy atom. The van der Waals surface area contributed by atoms with Crippen molar-refractivity contribution < 1.29 is 19.1 Å². The van der Waals surface area contributed by atoms with E-state index in [1.807, 2.05) is 13.2 Å². The maximum atomic E-state index is 12.0. The molecule has 0 aliphatic rings. The molecule has 0 spiro atoms. The van der Waals surface area contributed by atoms with E-state index in [4.69, 9.17) is 9.47 Å². The molecule has 3 aromatic heterocycles. The van der Waals surface area contributed by atoms with E-state index in [0.717, 1.165) is 11.3 Å². The van der Waals surface area contributed by atoms with E-state index in [-0.39, 0.29) is 5.82 Å². The van der Waals surface area contributed by atoms with Crippen LogP contribution in [0.1, 0.15) is 13.8 Å². The SMILES string of the molecule is COC(C)(C)C(=O)NC(=O)Nc1ccc(Oc2ccnc(-c3cnn(C)c3)c2)cn1. The zero-order chi connectivity index (χ0) is 21.7. The van der Waals surface area contributed by atoms with Gasteiger partial charge in [0.2, 0.25) is 0 Å². The fourth-order valence-corrected chi connectivity index (χ4v) is 2.33. The summed E-state index contributed by atoms with van der Waals surface area (Å²) in [4.78, 5) is 32.3. The first-order valence-electron chi connectivity index (χ1n) is 9.03. The molecule has 0 atom stereocenters. The number of anilines is 1. The molecule has 3 rings (SSSR count). The van der Waals surface area contributed by atoms with Crippen LogP contribution in [-0.2, 0) is 16.6 Å². The molecule has 0 aliphatic carbocycles. The lowest BCUT2D eigenvalue weighted by molar-refractivity contribution is -0.138. The number of urea groups is 1. The Balaban J connectivity index is 1.61. The van der Waals surface area contributed by atoms with Crippen LogP contribution in [0.15, 0.2) is 49.1 Å². The lowest BCUT2D eigenvalue weighted by Crippen LogP contribution is -2.47. The molecule has 0 saturated heterocycles. The van der Waals surface area contributed by atoms with Crippen molar-refractivity contribution in [3.05, 3.63) is 49.1 Å². The number of hydrogen-bond acceptors (Lipinski definition) is 7. The van der Waals surface area contributed by atoms with E-state index in [0.29, 0.717) is 11.5 Å². The van der Waals surface area contributed by atoms with Gasteiger partial charge in [0, 0.05) is 38.2 Å². The normalized spacial score (nSPS) is 11.1. The Morgan fingerprint density at radius 1 is 1.10 bits per heavy atom. The third kappa shape index (κ3) is 5.17. The maximum Gasteiger partial charge on any atom is 0.327 e. The Labute approximate surface area is 173 Å². The van der Waals surface area contributed by atoms with Crippen LogP contribution in [0.25, 0.3) is 11.3 Å².